The van der Waals surface area contributed by atoms with Crippen molar-refractivity contribution in [1.29, 1.82) is 0 Å². The van der Waals surface area contributed by atoms with Gasteiger partial charge in [0.1, 0.15) is 11.6 Å². The van der Waals surface area contributed by atoms with Crippen molar-refractivity contribution in [3.8, 4) is 5.75 Å². The fourth-order valence-corrected chi connectivity index (χ4v) is 3.30. The minimum atomic E-state index is -0.204. The van der Waals surface area contributed by atoms with Crippen molar-refractivity contribution in [2.45, 2.75) is 12.5 Å². The Bertz CT molecular complexity index is 840. The van der Waals surface area contributed by atoms with Gasteiger partial charge in [-0.3, -0.25) is 0 Å². The monoisotopic (exact) mass is 296 g/mol. The van der Waals surface area contributed by atoms with Gasteiger partial charge in [0.05, 0.1) is 13.2 Å². The summed E-state index contributed by atoms with van der Waals surface area (Å²) in [4.78, 5) is 3.49. The van der Waals surface area contributed by atoms with E-state index in [1.54, 1.807) is 19.2 Å². The van der Waals surface area contributed by atoms with Crippen LogP contribution in [0.5, 0.6) is 5.75 Å². The van der Waals surface area contributed by atoms with Crippen LogP contribution in [0, 0.1) is 5.82 Å². The summed E-state index contributed by atoms with van der Waals surface area (Å²) < 4.78 is 18.9. The molecule has 1 aromatic heterocycles. The van der Waals surface area contributed by atoms with Gasteiger partial charge in [0.2, 0.25) is 0 Å². The van der Waals surface area contributed by atoms with Crippen molar-refractivity contribution >= 4 is 10.9 Å². The lowest BCUT2D eigenvalue weighted by atomic mass is 9.94. The Morgan fingerprint density at radius 2 is 2.09 bits per heavy atom. The summed E-state index contributed by atoms with van der Waals surface area (Å²) in [6.07, 6.45) is 0.953. The van der Waals surface area contributed by atoms with Crippen LogP contribution < -0.4 is 10.1 Å². The Balaban J connectivity index is 1.87. The highest BCUT2D eigenvalue weighted by molar-refractivity contribution is 5.86. The van der Waals surface area contributed by atoms with E-state index in [0.717, 1.165) is 35.5 Å². The number of hydrogen-bond acceptors (Lipinski definition) is 2. The van der Waals surface area contributed by atoms with E-state index in [0.29, 0.717) is 0 Å². The molecule has 0 unspecified atom stereocenters. The summed E-state index contributed by atoms with van der Waals surface area (Å²) >= 11 is 0. The lowest BCUT2D eigenvalue weighted by Gasteiger charge is -2.24. The first kappa shape index (κ1) is 13.3. The number of ether oxygens (including phenoxy) is 1. The predicted octanol–water partition coefficient (Wildman–Crippen LogP) is 3.55. The zero-order valence-corrected chi connectivity index (χ0v) is 12.3. The fourth-order valence-electron chi connectivity index (χ4n) is 3.30. The van der Waals surface area contributed by atoms with E-state index in [9.17, 15) is 4.39 Å². The molecule has 0 bridgehead atoms. The second kappa shape index (κ2) is 5.14. The summed E-state index contributed by atoms with van der Waals surface area (Å²) in [6.45, 7) is 0.873. The van der Waals surface area contributed by atoms with Crippen LogP contribution in [0.25, 0.3) is 10.9 Å². The molecule has 0 spiro atoms. The number of hydrogen-bond donors (Lipinski definition) is 2. The number of aromatic amines is 1. The van der Waals surface area contributed by atoms with Gasteiger partial charge >= 0.3 is 0 Å². The topological polar surface area (TPSA) is 37.0 Å². The van der Waals surface area contributed by atoms with Gasteiger partial charge in [-0.15, -0.1) is 0 Å². The van der Waals surface area contributed by atoms with Gasteiger partial charge in [-0.25, -0.2) is 4.39 Å². The average molecular weight is 296 g/mol. The van der Waals surface area contributed by atoms with Gasteiger partial charge in [0.25, 0.3) is 0 Å². The highest BCUT2D eigenvalue weighted by Crippen LogP contribution is 2.35. The van der Waals surface area contributed by atoms with Gasteiger partial charge in [-0.2, -0.15) is 0 Å². The van der Waals surface area contributed by atoms with Gasteiger partial charge in [-0.05, 0) is 47.9 Å². The molecule has 0 amide bonds. The van der Waals surface area contributed by atoms with Crippen molar-refractivity contribution < 1.29 is 9.13 Å². The molecule has 2 heterocycles. The third-order valence-corrected chi connectivity index (χ3v) is 4.34. The quantitative estimate of drug-likeness (QED) is 0.759. The Hall–Kier alpha value is -2.33. The van der Waals surface area contributed by atoms with Crippen LogP contribution in [0.1, 0.15) is 22.9 Å². The SMILES string of the molecule is COc1ccc2[nH]c3c(c2c1)CCN[C@@H]3c1cccc(F)c1. The van der Waals surface area contributed by atoms with Crippen molar-refractivity contribution in [3.05, 3.63) is 65.1 Å². The Kier molecular flexibility index (Phi) is 3.12. The minimum absolute atomic E-state index is 0.00200. The molecule has 1 aliphatic rings. The lowest BCUT2D eigenvalue weighted by molar-refractivity contribution is 0.415. The second-order valence-electron chi connectivity index (χ2n) is 5.62. The van der Waals surface area contributed by atoms with E-state index < -0.39 is 0 Å². The second-order valence-corrected chi connectivity index (χ2v) is 5.62. The maximum atomic E-state index is 13.5. The molecular weight excluding hydrogens is 279 g/mol. The lowest BCUT2D eigenvalue weighted by Crippen LogP contribution is -2.30. The van der Waals surface area contributed by atoms with Crippen LogP contribution in [0.3, 0.4) is 0 Å². The van der Waals surface area contributed by atoms with Crippen molar-refractivity contribution in [3.63, 3.8) is 0 Å². The number of fused-ring (bicyclic) bond motifs is 3. The normalized spacial score (nSPS) is 17.5. The Morgan fingerprint density at radius 1 is 1.18 bits per heavy atom. The van der Waals surface area contributed by atoms with Crippen molar-refractivity contribution in [2.75, 3.05) is 13.7 Å². The predicted molar refractivity (Wildman–Crippen MR) is 84.8 cm³/mol. The highest BCUT2D eigenvalue weighted by Gasteiger charge is 2.25. The van der Waals surface area contributed by atoms with Gasteiger partial charge in [0.15, 0.2) is 0 Å². The molecule has 0 radical (unpaired) electrons. The first-order valence-electron chi connectivity index (χ1n) is 7.43. The van der Waals surface area contributed by atoms with Crippen LogP contribution >= 0.6 is 0 Å². The number of halogens is 1. The molecule has 1 aliphatic heterocycles. The van der Waals surface area contributed by atoms with Crippen molar-refractivity contribution in [1.82, 2.24) is 10.3 Å². The van der Waals surface area contributed by atoms with Gasteiger partial charge < -0.3 is 15.0 Å². The van der Waals surface area contributed by atoms with Crippen molar-refractivity contribution in [2.24, 2.45) is 0 Å². The smallest absolute Gasteiger partial charge is 0.123 e. The van der Waals surface area contributed by atoms with E-state index in [4.69, 9.17) is 4.74 Å². The molecule has 0 saturated carbocycles. The third kappa shape index (κ3) is 2.07. The van der Waals surface area contributed by atoms with Gasteiger partial charge in [0, 0.05) is 23.1 Å². The summed E-state index contributed by atoms with van der Waals surface area (Å²) in [6, 6.07) is 12.8. The van der Waals surface area contributed by atoms with E-state index in [1.807, 2.05) is 18.2 Å². The van der Waals surface area contributed by atoms with Crippen LogP contribution in [-0.2, 0) is 6.42 Å². The average Bonchev–Trinajstić information content (AvgIpc) is 2.92. The number of nitrogens with one attached hydrogen (secondary N) is 2. The molecule has 112 valence electrons. The first-order chi connectivity index (χ1) is 10.8. The van der Waals surface area contributed by atoms with E-state index in [2.05, 4.69) is 16.4 Å². The van der Waals surface area contributed by atoms with Crippen LogP contribution in [0.4, 0.5) is 4.39 Å². The molecule has 2 N–H and O–H groups in total. The Morgan fingerprint density at radius 3 is 2.91 bits per heavy atom. The molecule has 4 heteroatoms. The summed E-state index contributed by atoms with van der Waals surface area (Å²) in [5.41, 5.74) is 4.46. The molecule has 0 saturated heterocycles. The molecule has 3 aromatic rings. The maximum absolute atomic E-state index is 13.5. The molecule has 2 aromatic carbocycles. The van der Waals surface area contributed by atoms with Crippen LogP contribution in [0.15, 0.2) is 42.5 Å². The van der Waals surface area contributed by atoms with Gasteiger partial charge in [-0.1, -0.05) is 12.1 Å². The molecule has 4 rings (SSSR count). The zero-order chi connectivity index (χ0) is 15.1. The number of methoxy groups -OCH3 is 1. The van der Waals surface area contributed by atoms with E-state index >= 15 is 0 Å². The standard InChI is InChI=1S/C18H17FN2O/c1-22-13-5-6-16-15(10-13)14-7-8-20-17(18(14)21-16)11-3-2-4-12(19)9-11/h2-6,9-10,17,20-21H,7-8H2,1H3/t17-/m1/s1. The molecular formula is C18H17FN2O. The number of aromatic nitrogens is 1. The summed E-state index contributed by atoms with van der Waals surface area (Å²) in [5, 5.41) is 4.67. The first-order valence-corrected chi connectivity index (χ1v) is 7.43. The molecule has 0 fully saturated rings. The molecule has 1 atom stereocenters. The highest BCUT2D eigenvalue weighted by atomic mass is 19.1. The summed E-state index contributed by atoms with van der Waals surface area (Å²) in [7, 11) is 1.68. The number of H-pyrrole nitrogens is 1. The molecule has 0 aliphatic carbocycles. The third-order valence-electron chi connectivity index (χ3n) is 4.34. The summed E-state index contributed by atoms with van der Waals surface area (Å²) in [5.74, 6) is 0.652. The fraction of sp³-hybridized carbons (Fsp3) is 0.222. The Labute approximate surface area is 128 Å². The largest absolute Gasteiger partial charge is 0.497 e. The van der Waals surface area contributed by atoms with Crippen LogP contribution in [-0.4, -0.2) is 18.6 Å². The van der Waals surface area contributed by atoms with E-state index in [-0.39, 0.29) is 11.9 Å². The zero-order valence-electron chi connectivity index (χ0n) is 12.3. The van der Waals surface area contributed by atoms with Crippen LogP contribution in [0.2, 0.25) is 0 Å². The minimum Gasteiger partial charge on any atom is -0.497 e. The molecule has 3 nitrogen and oxygen atoms in total. The number of benzene rings is 2. The van der Waals surface area contributed by atoms with E-state index in [1.165, 1.54) is 17.0 Å². The number of rotatable bonds is 2. The molecule has 22 heavy (non-hydrogen) atoms. The maximum Gasteiger partial charge on any atom is 0.123 e.